The van der Waals surface area contributed by atoms with Gasteiger partial charge < -0.3 is 14.4 Å². The summed E-state index contributed by atoms with van der Waals surface area (Å²) in [7, 11) is 0. The van der Waals surface area contributed by atoms with Crippen LogP contribution in [0.25, 0.3) is 180 Å². The highest BCUT2D eigenvalue weighted by Gasteiger charge is 2.48. The number of hydrogen-bond donors (Lipinski definition) is 0. The Morgan fingerprint density at radius 3 is 1.11 bits per heavy atom. The molecule has 0 aliphatic carbocycles. The lowest BCUT2D eigenvalue weighted by Gasteiger charge is -2.45. The molecule has 4 heterocycles. The van der Waals surface area contributed by atoms with Crippen LogP contribution in [0.5, 0.6) is 0 Å². The molecule has 0 N–H and O–H groups in total. The molecule has 20 aromatic carbocycles. The molecule has 0 saturated carbocycles. The molecule has 0 saturated heterocycles. The van der Waals surface area contributed by atoms with Crippen molar-refractivity contribution >= 4 is 164 Å². The Morgan fingerprint density at radius 2 is 0.659 bits per heavy atom. The summed E-state index contributed by atoms with van der Waals surface area (Å²) < 4.78 is 39.3. The van der Waals surface area contributed by atoms with Gasteiger partial charge in [-0.15, -0.1) is 11.3 Å². The molecular formula is C118H88BN3S. The lowest BCUT2D eigenvalue weighted by atomic mass is 9.36. The molecule has 2 aliphatic heterocycles. The fraction of sp³-hybridized carbons (Fsp3) is 0.102. The van der Waals surface area contributed by atoms with Crippen LogP contribution in [0.3, 0.4) is 0 Å². The summed E-state index contributed by atoms with van der Waals surface area (Å²) >= 11 is 1.80. The van der Waals surface area contributed by atoms with Crippen LogP contribution in [0, 0.1) is 0 Å². The molecule has 5 heteroatoms. The zero-order valence-electron chi connectivity index (χ0n) is 73.3. The van der Waals surface area contributed by atoms with Gasteiger partial charge in [-0.25, -0.2) is 0 Å². The molecule has 2 aromatic heterocycles. The number of thiophene rings is 1. The van der Waals surface area contributed by atoms with Crippen molar-refractivity contribution in [2.24, 2.45) is 0 Å². The maximum atomic E-state index is 12.1. The maximum Gasteiger partial charge on any atom is 0.264 e. The van der Waals surface area contributed by atoms with Crippen molar-refractivity contribution < 1.29 is 4.11 Å². The first kappa shape index (κ1) is 69.7. The minimum Gasteiger partial charge on any atom is -0.310 e. The maximum absolute atomic E-state index is 12.1. The smallest absolute Gasteiger partial charge is 0.264 e. The van der Waals surface area contributed by atoms with Crippen molar-refractivity contribution in [3.8, 4) is 83.6 Å². The van der Waals surface area contributed by atoms with Gasteiger partial charge in [0.25, 0.3) is 6.71 Å². The first-order chi connectivity index (χ1) is 61.2. The van der Waals surface area contributed by atoms with Crippen LogP contribution in [-0.4, -0.2) is 11.3 Å². The Balaban J connectivity index is 0.925. The van der Waals surface area contributed by atoms with E-state index < -0.39 is 6.71 Å². The molecule has 0 amide bonds. The molecule has 123 heavy (non-hydrogen) atoms. The van der Waals surface area contributed by atoms with E-state index in [4.69, 9.17) is 0 Å². The fourth-order valence-corrected chi connectivity index (χ4v) is 22.0. The zero-order chi connectivity index (χ0) is 85.2. The Morgan fingerprint density at radius 1 is 0.276 bits per heavy atom. The number of anilines is 6. The molecule has 0 radical (unpaired) electrons. The number of aromatic nitrogens is 1. The van der Waals surface area contributed by atoms with Gasteiger partial charge in [-0.1, -0.05) is 347 Å². The first-order valence-electron chi connectivity index (χ1n) is 44.7. The van der Waals surface area contributed by atoms with E-state index in [0.717, 1.165) is 154 Å². The van der Waals surface area contributed by atoms with E-state index in [1.54, 1.807) is 11.3 Å². The zero-order valence-corrected chi connectivity index (χ0v) is 71.1. The number of benzene rings is 20. The second-order valence-electron chi connectivity index (χ2n) is 37.2. The minimum absolute atomic E-state index is 0.0139. The van der Waals surface area contributed by atoms with E-state index in [-0.39, 0.29) is 34.4 Å². The first-order valence-corrected chi connectivity index (χ1v) is 44.0. The van der Waals surface area contributed by atoms with E-state index in [2.05, 4.69) is 429 Å². The average Bonchev–Trinajstić information content (AvgIpc) is 1.28. The van der Waals surface area contributed by atoms with Crippen LogP contribution < -0.4 is 25.5 Å². The SMILES string of the molecule is [2H]c1c([2H])c(-n2c3ccccc3c3ccccc32)c([2H])c2c1B1c3sc4cc(C(C)(C)C)ccc4c3N(c3c(-c4ccccc4)cc(C(C)(C)C)cc3-c3ccccc3)c3cc(-c4cc(-c5ccc6ccc7cccc8ccc5c6c78)cc(-c5ccc6ccc7cccc8ccc5c6c78)c4)cc(c31)N2c1c(-c2ccccc2)cc(C(C)(C)C)cc1-c1ccccc1. The third-order valence-corrected chi connectivity index (χ3v) is 28.0. The Kier molecular flexibility index (Phi) is 15.4. The van der Waals surface area contributed by atoms with Crippen LogP contribution in [-0.2, 0) is 16.2 Å². The summed E-state index contributed by atoms with van der Waals surface area (Å²) in [6.45, 7) is 20.1. The molecule has 24 rings (SSSR count). The number of nitrogens with zero attached hydrogens (tertiary/aromatic N) is 3. The Bertz CT molecular complexity index is 7940. The highest BCUT2D eigenvalue weighted by atomic mass is 32.1. The predicted octanol–water partition coefficient (Wildman–Crippen LogP) is 31.4. The highest BCUT2D eigenvalue weighted by molar-refractivity contribution is 7.33. The molecule has 0 spiro atoms. The molecule has 22 aromatic rings. The molecular weight excluding hydrogens is 1500 g/mol. The number of fused-ring (bicyclic) bond motifs is 9. The molecule has 0 atom stereocenters. The monoisotopic (exact) mass is 1590 g/mol. The van der Waals surface area contributed by atoms with Gasteiger partial charge in [-0.3, -0.25) is 0 Å². The summed E-state index contributed by atoms with van der Waals surface area (Å²) in [5.74, 6) is 0. The normalized spacial score (nSPS) is 13.4. The van der Waals surface area contributed by atoms with E-state index >= 15 is 0 Å². The second kappa shape index (κ2) is 27.2. The number of rotatable bonds is 10. The second-order valence-corrected chi connectivity index (χ2v) is 38.3. The van der Waals surface area contributed by atoms with Crippen LogP contribution in [0.2, 0.25) is 0 Å². The average molecular weight is 1590 g/mol. The quantitative estimate of drug-likeness (QED) is 0.0999. The van der Waals surface area contributed by atoms with Crippen LogP contribution in [0.1, 0.15) is 83.1 Å². The summed E-state index contributed by atoms with van der Waals surface area (Å²) in [5, 5.41) is 17.7. The van der Waals surface area contributed by atoms with Gasteiger partial charge in [0.1, 0.15) is 0 Å². The van der Waals surface area contributed by atoms with Gasteiger partial charge >= 0.3 is 0 Å². The van der Waals surface area contributed by atoms with Crippen molar-refractivity contribution in [3.63, 3.8) is 0 Å². The molecule has 2 aliphatic rings. The van der Waals surface area contributed by atoms with Crippen LogP contribution in [0.15, 0.2) is 370 Å². The van der Waals surface area contributed by atoms with Crippen molar-refractivity contribution in [3.05, 3.63) is 387 Å². The molecule has 3 nitrogen and oxygen atoms in total. The largest absolute Gasteiger partial charge is 0.310 e. The standard InChI is InChI=1S/C118H88BN3S/c1-116(2,3)85-52-58-95-106(69-85)123-115-114(95)122(113-98(73-32-18-12-19-33-73)67-87(118(7,8)9)68-99(113)74-34-20-13-21-35-74)105-64-82(81-60-83(89-54-48-79-46-44-75-36-26-38-77-50-56-93(89)109(79)107(75)77)62-84(61-81)90-55-49-80-47-45-76-37-27-39-78-51-57-94(90)110(80)108(76)78)63-104-111(105)119(115)100-59-53-88(120-101-42-24-22-40-91(101)92-41-23-25-43-102(92)120)70-103(100)121(104)112-96(71-28-14-10-15-29-71)65-86(117(4,5)6)66-97(112)72-30-16-11-17-31-72/h10-70H,1-9H3/i53D,59D,70D. The van der Waals surface area contributed by atoms with E-state index in [0.29, 0.717) is 16.8 Å². The lowest BCUT2D eigenvalue weighted by Crippen LogP contribution is -2.60. The number of hydrogen-bond acceptors (Lipinski definition) is 3. The lowest BCUT2D eigenvalue weighted by molar-refractivity contribution is 0.590. The minimum atomic E-state index is -0.718. The van der Waals surface area contributed by atoms with E-state index in [1.165, 1.54) is 75.8 Å². The van der Waals surface area contributed by atoms with Crippen LogP contribution >= 0.6 is 11.3 Å². The highest BCUT2D eigenvalue weighted by Crippen LogP contribution is 2.58. The molecule has 584 valence electrons. The van der Waals surface area contributed by atoms with Gasteiger partial charge in [0, 0.05) is 70.6 Å². The summed E-state index contributed by atoms with van der Waals surface area (Å²) in [4.78, 5) is 5.14. The van der Waals surface area contributed by atoms with Gasteiger partial charge in [-0.2, -0.15) is 0 Å². The van der Waals surface area contributed by atoms with Crippen molar-refractivity contribution in [1.29, 1.82) is 0 Å². The molecule has 0 unspecified atom stereocenters. The molecule has 0 bridgehead atoms. The fourth-order valence-electron chi connectivity index (χ4n) is 20.7. The van der Waals surface area contributed by atoms with Gasteiger partial charge in [0.15, 0.2) is 0 Å². The van der Waals surface area contributed by atoms with Crippen molar-refractivity contribution in [2.45, 2.75) is 78.6 Å². The summed E-state index contributed by atoms with van der Waals surface area (Å²) in [6, 6.07) is 132. The van der Waals surface area contributed by atoms with E-state index in [9.17, 15) is 4.11 Å². The van der Waals surface area contributed by atoms with Gasteiger partial charge in [-0.05, 0) is 249 Å². The van der Waals surface area contributed by atoms with Crippen molar-refractivity contribution in [1.82, 2.24) is 4.57 Å². The predicted molar refractivity (Wildman–Crippen MR) is 532 cm³/mol. The van der Waals surface area contributed by atoms with Crippen LogP contribution in [0.4, 0.5) is 34.1 Å². The van der Waals surface area contributed by atoms with Crippen molar-refractivity contribution in [2.75, 3.05) is 9.80 Å². The summed E-state index contributed by atoms with van der Waals surface area (Å²) in [5.41, 5.74) is 26.2. The Labute approximate surface area is 726 Å². The Hall–Kier alpha value is -14.1. The van der Waals surface area contributed by atoms with Gasteiger partial charge in [0.2, 0.25) is 0 Å². The van der Waals surface area contributed by atoms with Gasteiger partial charge in [0.05, 0.1) is 32.2 Å². The number of para-hydroxylation sites is 2. The third kappa shape index (κ3) is 11.4. The molecule has 0 fully saturated rings. The summed E-state index contributed by atoms with van der Waals surface area (Å²) in [6.07, 6.45) is 0. The van der Waals surface area contributed by atoms with E-state index in [1.807, 2.05) is 0 Å². The topological polar surface area (TPSA) is 11.4 Å². The third-order valence-electron chi connectivity index (χ3n) is 26.8.